The van der Waals surface area contributed by atoms with Gasteiger partial charge in [-0.2, -0.15) is 0 Å². The molecule has 14 heavy (non-hydrogen) atoms. The molecule has 0 aliphatic heterocycles. The maximum atomic E-state index is 5.54. The highest BCUT2D eigenvalue weighted by Crippen LogP contribution is 2.27. The zero-order valence-corrected chi connectivity index (χ0v) is 8.96. The van der Waals surface area contributed by atoms with Crippen LogP contribution in [-0.4, -0.2) is 27.3 Å². The van der Waals surface area contributed by atoms with Gasteiger partial charge in [0.25, 0.3) is 0 Å². The van der Waals surface area contributed by atoms with Crippen LogP contribution in [0.3, 0.4) is 0 Å². The first kappa shape index (κ1) is 10.9. The van der Waals surface area contributed by atoms with Crippen LogP contribution in [0.15, 0.2) is 18.2 Å². The average molecular weight is 195 g/mol. The van der Waals surface area contributed by atoms with Crippen LogP contribution >= 0.6 is 0 Å². The predicted molar refractivity (Wildman–Crippen MR) is 57.2 cm³/mol. The molecular formula is C11H17NO2. The summed E-state index contributed by atoms with van der Waals surface area (Å²) in [7, 11) is 3.55. The van der Waals surface area contributed by atoms with Gasteiger partial charge in [0.2, 0.25) is 0 Å². The zero-order chi connectivity index (χ0) is 10.4. The number of ether oxygens (including phenoxy) is 2. The van der Waals surface area contributed by atoms with E-state index in [4.69, 9.17) is 9.47 Å². The summed E-state index contributed by atoms with van der Waals surface area (Å²) in [4.78, 5) is 0. The fourth-order valence-electron chi connectivity index (χ4n) is 1.16. The summed E-state index contributed by atoms with van der Waals surface area (Å²) >= 11 is 0. The van der Waals surface area contributed by atoms with Crippen LogP contribution in [0.25, 0.3) is 0 Å². The molecule has 0 aliphatic rings. The molecule has 0 atom stereocenters. The Labute approximate surface area is 85.0 Å². The molecule has 1 N–H and O–H groups in total. The van der Waals surface area contributed by atoms with E-state index in [1.165, 1.54) is 5.56 Å². The molecule has 0 unspecified atom stereocenters. The van der Waals surface area contributed by atoms with Gasteiger partial charge >= 0.3 is 0 Å². The van der Waals surface area contributed by atoms with Gasteiger partial charge in [0.15, 0.2) is 11.5 Å². The summed E-state index contributed by atoms with van der Waals surface area (Å²) < 4.78 is 10.7. The van der Waals surface area contributed by atoms with Gasteiger partial charge in [-0.25, -0.2) is 0 Å². The zero-order valence-electron chi connectivity index (χ0n) is 8.96. The number of nitrogens with one attached hydrogen (secondary N) is 1. The molecule has 0 bridgehead atoms. The van der Waals surface area contributed by atoms with Crippen molar-refractivity contribution < 1.29 is 9.47 Å². The Balaban J connectivity index is 2.65. The predicted octanol–water partition coefficient (Wildman–Crippen LogP) is 1.60. The highest BCUT2D eigenvalue weighted by molar-refractivity contribution is 5.42. The van der Waals surface area contributed by atoms with Gasteiger partial charge in [-0.05, 0) is 31.7 Å². The fraction of sp³-hybridized carbons (Fsp3) is 0.455. The minimum absolute atomic E-state index is 0.649. The highest BCUT2D eigenvalue weighted by Gasteiger charge is 2.02. The van der Waals surface area contributed by atoms with E-state index >= 15 is 0 Å². The van der Waals surface area contributed by atoms with E-state index in [0.29, 0.717) is 6.61 Å². The topological polar surface area (TPSA) is 30.5 Å². The van der Waals surface area contributed by atoms with Gasteiger partial charge in [-0.1, -0.05) is 6.07 Å². The van der Waals surface area contributed by atoms with Gasteiger partial charge in [-0.15, -0.1) is 0 Å². The summed E-state index contributed by atoms with van der Waals surface area (Å²) in [5.74, 6) is 1.59. The molecule has 0 saturated heterocycles. The van der Waals surface area contributed by atoms with E-state index in [1.807, 2.05) is 32.2 Å². The minimum Gasteiger partial charge on any atom is -0.493 e. The Morgan fingerprint density at radius 2 is 2.07 bits per heavy atom. The molecule has 0 spiro atoms. The van der Waals surface area contributed by atoms with Crippen LogP contribution in [0.5, 0.6) is 11.5 Å². The quantitative estimate of drug-likeness (QED) is 0.724. The molecular weight excluding hydrogens is 178 g/mol. The summed E-state index contributed by atoms with van der Waals surface area (Å²) in [6.45, 7) is 3.51. The molecule has 0 heterocycles. The van der Waals surface area contributed by atoms with E-state index in [-0.39, 0.29) is 0 Å². The van der Waals surface area contributed by atoms with Crippen molar-refractivity contribution in [1.82, 2.24) is 5.32 Å². The Hall–Kier alpha value is -1.22. The molecule has 3 heteroatoms. The number of aryl methyl sites for hydroxylation is 1. The molecule has 0 saturated carbocycles. The Morgan fingerprint density at radius 3 is 2.71 bits per heavy atom. The van der Waals surface area contributed by atoms with E-state index in [2.05, 4.69) is 5.32 Å². The molecule has 0 fully saturated rings. The highest BCUT2D eigenvalue weighted by atomic mass is 16.5. The second kappa shape index (κ2) is 5.50. The van der Waals surface area contributed by atoms with Gasteiger partial charge < -0.3 is 14.8 Å². The minimum atomic E-state index is 0.649. The summed E-state index contributed by atoms with van der Waals surface area (Å²) in [5, 5.41) is 3.02. The van der Waals surface area contributed by atoms with E-state index in [1.54, 1.807) is 7.11 Å². The van der Waals surface area contributed by atoms with Crippen molar-refractivity contribution in [2.45, 2.75) is 6.92 Å². The lowest BCUT2D eigenvalue weighted by Crippen LogP contribution is -2.16. The lowest BCUT2D eigenvalue weighted by atomic mass is 10.2. The van der Waals surface area contributed by atoms with Crippen molar-refractivity contribution in [2.24, 2.45) is 0 Å². The maximum absolute atomic E-state index is 5.54. The summed E-state index contributed by atoms with van der Waals surface area (Å²) in [5.41, 5.74) is 1.17. The van der Waals surface area contributed by atoms with Gasteiger partial charge in [0.1, 0.15) is 6.61 Å². The normalized spacial score (nSPS) is 9.93. The number of hydrogen-bond donors (Lipinski definition) is 1. The standard InChI is InChI=1S/C11H17NO2/c1-9-4-5-10(11(8-9)13-3)14-7-6-12-2/h4-5,8,12H,6-7H2,1-3H3. The molecule has 0 aromatic heterocycles. The van der Waals surface area contributed by atoms with Crippen molar-refractivity contribution in [2.75, 3.05) is 27.3 Å². The maximum Gasteiger partial charge on any atom is 0.161 e. The summed E-state index contributed by atoms with van der Waals surface area (Å²) in [6, 6.07) is 5.91. The number of likely N-dealkylation sites (N-methyl/N-ethyl adjacent to an activating group) is 1. The van der Waals surface area contributed by atoms with Gasteiger partial charge in [0, 0.05) is 6.54 Å². The SMILES string of the molecule is CNCCOc1ccc(C)cc1OC. The van der Waals surface area contributed by atoms with Gasteiger partial charge in [-0.3, -0.25) is 0 Å². The average Bonchev–Trinajstić information content (AvgIpc) is 2.20. The molecule has 1 rings (SSSR count). The van der Waals surface area contributed by atoms with Crippen molar-refractivity contribution >= 4 is 0 Å². The third-order valence-corrected chi connectivity index (χ3v) is 1.93. The molecule has 0 aliphatic carbocycles. The monoisotopic (exact) mass is 195 g/mol. The van der Waals surface area contributed by atoms with Crippen LogP contribution in [-0.2, 0) is 0 Å². The van der Waals surface area contributed by atoms with Crippen LogP contribution in [0.2, 0.25) is 0 Å². The first-order valence-corrected chi connectivity index (χ1v) is 4.70. The Bertz CT molecular complexity index is 287. The fourth-order valence-corrected chi connectivity index (χ4v) is 1.16. The first-order chi connectivity index (χ1) is 6.77. The number of rotatable bonds is 5. The Morgan fingerprint density at radius 1 is 1.29 bits per heavy atom. The van der Waals surface area contributed by atoms with E-state index in [0.717, 1.165) is 18.0 Å². The number of hydrogen-bond acceptors (Lipinski definition) is 3. The van der Waals surface area contributed by atoms with E-state index in [9.17, 15) is 0 Å². The smallest absolute Gasteiger partial charge is 0.161 e. The Kier molecular flexibility index (Phi) is 4.26. The largest absolute Gasteiger partial charge is 0.493 e. The molecule has 1 aromatic rings. The first-order valence-electron chi connectivity index (χ1n) is 4.70. The van der Waals surface area contributed by atoms with Crippen molar-refractivity contribution in [3.63, 3.8) is 0 Å². The lowest BCUT2D eigenvalue weighted by molar-refractivity contribution is 0.295. The van der Waals surface area contributed by atoms with E-state index < -0.39 is 0 Å². The third kappa shape index (κ3) is 2.92. The van der Waals surface area contributed by atoms with Gasteiger partial charge in [0.05, 0.1) is 7.11 Å². The number of benzene rings is 1. The molecule has 0 amide bonds. The van der Waals surface area contributed by atoms with Crippen LogP contribution in [0, 0.1) is 6.92 Å². The molecule has 3 nitrogen and oxygen atoms in total. The third-order valence-electron chi connectivity index (χ3n) is 1.93. The second-order valence-electron chi connectivity index (χ2n) is 3.11. The second-order valence-corrected chi connectivity index (χ2v) is 3.11. The number of methoxy groups -OCH3 is 1. The van der Waals surface area contributed by atoms with Crippen LogP contribution in [0.4, 0.5) is 0 Å². The summed E-state index contributed by atoms with van der Waals surface area (Å²) in [6.07, 6.45) is 0. The lowest BCUT2D eigenvalue weighted by Gasteiger charge is -2.10. The molecule has 0 radical (unpaired) electrons. The molecule has 1 aromatic carbocycles. The van der Waals surface area contributed by atoms with Crippen molar-refractivity contribution in [1.29, 1.82) is 0 Å². The van der Waals surface area contributed by atoms with Crippen LogP contribution in [0.1, 0.15) is 5.56 Å². The van der Waals surface area contributed by atoms with Crippen LogP contribution < -0.4 is 14.8 Å². The van der Waals surface area contributed by atoms with Crippen molar-refractivity contribution in [3.05, 3.63) is 23.8 Å². The molecule has 78 valence electrons. The van der Waals surface area contributed by atoms with Crippen molar-refractivity contribution in [3.8, 4) is 11.5 Å².